The van der Waals surface area contributed by atoms with Crippen molar-refractivity contribution in [1.82, 2.24) is 0 Å². The Morgan fingerprint density at radius 2 is 1.71 bits per heavy atom. The van der Waals surface area contributed by atoms with Crippen molar-refractivity contribution in [3.05, 3.63) is 53.8 Å². The number of phenols is 1. The Kier molecular flexibility index (Phi) is 3.25. The monoisotopic (exact) mass is 232 g/mol. The molecule has 0 spiro atoms. The molecule has 0 aliphatic rings. The molecule has 0 saturated heterocycles. The molecule has 0 unspecified atom stereocenters. The molecule has 2 aromatic carbocycles. The summed E-state index contributed by atoms with van der Waals surface area (Å²) in [4.78, 5) is 0. The van der Waals surface area contributed by atoms with Crippen LogP contribution >= 0.6 is 0 Å². The molecule has 0 radical (unpaired) electrons. The summed E-state index contributed by atoms with van der Waals surface area (Å²) in [5, 5.41) is 12.2. The molecule has 2 rings (SSSR count). The molecular formula is C13H13FN2O. The summed E-state index contributed by atoms with van der Waals surface area (Å²) in [7, 11) is 0. The lowest BCUT2D eigenvalue weighted by Gasteiger charge is -2.08. The quantitative estimate of drug-likeness (QED) is 0.713. The van der Waals surface area contributed by atoms with E-state index in [9.17, 15) is 4.39 Å². The lowest BCUT2D eigenvalue weighted by atomic mass is 10.2. The maximum atomic E-state index is 13.5. The minimum atomic E-state index is -0.323. The summed E-state index contributed by atoms with van der Waals surface area (Å²) in [6, 6.07) is 11.4. The first kappa shape index (κ1) is 11.4. The first-order chi connectivity index (χ1) is 8.19. The Bertz CT molecular complexity index is 511. The molecule has 0 fully saturated rings. The lowest BCUT2D eigenvalue weighted by molar-refractivity contribution is 0.475. The fourth-order valence-corrected chi connectivity index (χ4v) is 1.50. The molecule has 0 saturated carbocycles. The molecule has 0 aliphatic carbocycles. The van der Waals surface area contributed by atoms with E-state index in [0.717, 1.165) is 5.69 Å². The van der Waals surface area contributed by atoms with Gasteiger partial charge in [0.05, 0.1) is 0 Å². The van der Waals surface area contributed by atoms with Crippen molar-refractivity contribution in [3.63, 3.8) is 0 Å². The van der Waals surface area contributed by atoms with Gasteiger partial charge in [-0.25, -0.2) is 4.39 Å². The summed E-state index contributed by atoms with van der Waals surface area (Å²) < 4.78 is 13.5. The van der Waals surface area contributed by atoms with Gasteiger partial charge in [0.2, 0.25) is 0 Å². The average molecular weight is 232 g/mol. The lowest BCUT2D eigenvalue weighted by Crippen LogP contribution is -2.00. The van der Waals surface area contributed by atoms with E-state index in [1.54, 1.807) is 36.4 Å². The van der Waals surface area contributed by atoms with Crippen molar-refractivity contribution in [1.29, 1.82) is 0 Å². The first-order valence-electron chi connectivity index (χ1n) is 5.23. The number of aromatic hydroxyl groups is 1. The van der Waals surface area contributed by atoms with Gasteiger partial charge >= 0.3 is 0 Å². The van der Waals surface area contributed by atoms with E-state index >= 15 is 0 Å². The van der Waals surface area contributed by atoms with Crippen LogP contribution in [0.15, 0.2) is 42.5 Å². The van der Waals surface area contributed by atoms with Gasteiger partial charge in [-0.05, 0) is 36.4 Å². The molecule has 2 aromatic rings. The zero-order valence-electron chi connectivity index (χ0n) is 9.15. The SMILES string of the molecule is NCc1ccc(Nc2ccc(O)cc2)cc1F. The van der Waals surface area contributed by atoms with Crippen LogP contribution in [0.3, 0.4) is 0 Å². The number of benzene rings is 2. The van der Waals surface area contributed by atoms with Gasteiger partial charge in [0.25, 0.3) is 0 Å². The molecule has 0 amide bonds. The molecule has 0 heterocycles. The normalized spacial score (nSPS) is 10.2. The van der Waals surface area contributed by atoms with Crippen molar-refractivity contribution in [3.8, 4) is 5.75 Å². The van der Waals surface area contributed by atoms with Gasteiger partial charge in [-0.2, -0.15) is 0 Å². The Labute approximate surface area is 98.7 Å². The van der Waals surface area contributed by atoms with Crippen LogP contribution in [-0.2, 0) is 6.54 Å². The van der Waals surface area contributed by atoms with Crippen LogP contribution in [0.4, 0.5) is 15.8 Å². The zero-order valence-corrected chi connectivity index (χ0v) is 9.15. The standard InChI is InChI=1S/C13H13FN2O/c14-13-7-11(2-1-9(13)8-15)16-10-3-5-12(17)6-4-10/h1-7,16-17H,8,15H2. The predicted molar refractivity (Wildman–Crippen MR) is 65.7 cm³/mol. The summed E-state index contributed by atoms with van der Waals surface area (Å²) in [6.07, 6.45) is 0. The third-order valence-corrected chi connectivity index (χ3v) is 2.43. The van der Waals surface area contributed by atoms with Crippen LogP contribution in [0.1, 0.15) is 5.56 Å². The fraction of sp³-hybridized carbons (Fsp3) is 0.0769. The van der Waals surface area contributed by atoms with E-state index in [4.69, 9.17) is 10.8 Å². The van der Waals surface area contributed by atoms with Gasteiger partial charge in [0.15, 0.2) is 0 Å². The van der Waals surface area contributed by atoms with Crippen molar-refractivity contribution in [2.24, 2.45) is 5.73 Å². The molecule has 0 aromatic heterocycles. The summed E-state index contributed by atoms with van der Waals surface area (Å²) in [5.41, 5.74) is 7.29. The topological polar surface area (TPSA) is 58.3 Å². The van der Waals surface area contributed by atoms with Crippen molar-refractivity contribution in [2.45, 2.75) is 6.54 Å². The van der Waals surface area contributed by atoms with Gasteiger partial charge in [-0.15, -0.1) is 0 Å². The summed E-state index contributed by atoms with van der Waals surface area (Å²) in [5.74, 6) is -0.128. The second kappa shape index (κ2) is 4.84. The van der Waals surface area contributed by atoms with Crippen LogP contribution in [-0.4, -0.2) is 5.11 Å². The number of nitrogens with one attached hydrogen (secondary N) is 1. The molecule has 0 aliphatic heterocycles. The van der Waals surface area contributed by atoms with Crippen LogP contribution in [0.2, 0.25) is 0 Å². The maximum Gasteiger partial charge on any atom is 0.129 e. The van der Waals surface area contributed by atoms with Crippen LogP contribution in [0.25, 0.3) is 0 Å². The third kappa shape index (κ3) is 2.73. The van der Waals surface area contributed by atoms with E-state index in [1.165, 1.54) is 6.07 Å². The fourth-order valence-electron chi connectivity index (χ4n) is 1.50. The van der Waals surface area contributed by atoms with E-state index in [0.29, 0.717) is 11.3 Å². The number of hydrogen-bond donors (Lipinski definition) is 3. The van der Waals surface area contributed by atoms with E-state index < -0.39 is 0 Å². The number of hydrogen-bond acceptors (Lipinski definition) is 3. The van der Waals surface area contributed by atoms with Gasteiger partial charge in [-0.1, -0.05) is 6.07 Å². The minimum absolute atomic E-state index is 0.186. The molecule has 88 valence electrons. The molecule has 4 N–H and O–H groups in total. The smallest absolute Gasteiger partial charge is 0.129 e. The maximum absolute atomic E-state index is 13.5. The summed E-state index contributed by atoms with van der Waals surface area (Å²) in [6.45, 7) is 0.186. The van der Waals surface area contributed by atoms with Gasteiger partial charge in [0, 0.05) is 23.5 Å². The number of anilines is 2. The highest BCUT2D eigenvalue weighted by Gasteiger charge is 2.02. The third-order valence-electron chi connectivity index (χ3n) is 2.43. The average Bonchev–Trinajstić information content (AvgIpc) is 2.32. The highest BCUT2D eigenvalue weighted by molar-refractivity contribution is 5.60. The zero-order chi connectivity index (χ0) is 12.3. The van der Waals surface area contributed by atoms with Crippen molar-refractivity contribution >= 4 is 11.4 Å². The second-order valence-electron chi connectivity index (χ2n) is 3.68. The molecule has 0 atom stereocenters. The highest BCUT2D eigenvalue weighted by atomic mass is 19.1. The van der Waals surface area contributed by atoms with Gasteiger partial charge < -0.3 is 16.2 Å². The molecule has 17 heavy (non-hydrogen) atoms. The van der Waals surface area contributed by atoms with Gasteiger partial charge in [-0.3, -0.25) is 0 Å². The van der Waals surface area contributed by atoms with E-state index in [1.807, 2.05) is 0 Å². The number of phenolic OH excluding ortho intramolecular Hbond substituents is 1. The number of rotatable bonds is 3. The van der Waals surface area contributed by atoms with Gasteiger partial charge in [0.1, 0.15) is 11.6 Å². The van der Waals surface area contributed by atoms with E-state index in [2.05, 4.69) is 5.32 Å². The van der Waals surface area contributed by atoms with Crippen molar-refractivity contribution < 1.29 is 9.50 Å². The predicted octanol–water partition coefficient (Wildman–Crippen LogP) is 2.73. The second-order valence-corrected chi connectivity index (χ2v) is 3.68. The van der Waals surface area contributed by atoms with Crippen LogP contribution < -0.4 is 11.1 Å². The molecular weight excluding hydrogens is 219 g/mol. The van der Waals surface area contributed by atoms with Crippen LogP contribution in [0, 0.1) is 5.82 Å². The highest BCUT2D eigenvalue weighted by Crippen LogP contribution is 2.21. The Morgan fingerprint density at radius 1 is 1.06 bits per heavy atom. The Balaban J connectivity index is 2.19. The van der Waals surface area contributed by atoms with E-state index in [-0.39, 0.29) is 18.1 Å². The van der Waals surface area contributed by atoms with Crippen LogP contribution in [0.5, 0.6) is 5.75 Å². The minimum Gasteiger partial charge on any atom is -0.508 e. The number of nitrogens with two attached hydrogens (primary N) is 1. The Morgan fingerprint density at radius 3 is 2.29 bits per heavy atom. The molecule has 4 heteroatoms. The molecule has 0 bridgehead atoms. The number of halogens is 1. The molecule has 3 nitrogen and oxygen atoms in total. The first-order valence-corrected chi connectivity index (χ1v) is 5.23. The van der Waals surface area contributed by atoms with Crippen molar-refractivity contribution in [2.75, 3.05) is 5.32 Å². The Hall–Kier alpha value is -2.07. The summed E-state index contributed by atoms with van der Waals surface area (Å²) >= 11 is 0. The largest absolute Gasteiger partial charge is 0.508 e.